The summed E-state index contributed by atoms with van der Waals surface area (Å²) in [6.45, 7) is 1.58. The Morgan fingerprint density at radius 1 is 0.917 bits per heavy atom. The van der Waals surface area contributed by atoms with E-state index in [9.17, 15) is 35.4 Å². The Kier molecular flexibility index (Phi) is 4.85. The number of phenolic OH excluding ortho intramolecular Hbond substituents is 5. The van der Waals surface area contributed by atoms with E-state index in [0.29, 0.717) is 12.0 Å². The highest BCUT2D eigenvalue weighted by atomic mass is 16.3. The topological polar surface area (TPSA) is 138 Å². The van der Waals surface area contributed by atoms with Crippen LogP contribution in [0, 0.1) is 0 Å². The fraction of sp³-hybridized carbons (Fsp3) is 0.235. The Balaban J connectivity index is 2.50. The normalized spacial score (nSPS) is 12.1. The van der Waals surface area contributed by atoms with E-state index in [1.165, 1.54) is 6.07 Å². The van der Waals surface area contributed by atoms with Gasteiger partial charge in [0.2, 0.25) is 0 Å². The molecule has 1 atom stereocenters. The van der Waals surface area contributed by atoms with Crippen molar-refractivity contribution < 1.29 is 35.4 Å². The molecule has 0 aliphatic rings. The van der Waals surface area contributed by atoms with Crippen LogP contribution >= 0.6 is 0 Å². The summed E-state index contributed by atoms with van der Waals surface area (Å²) in [4.78, 5) is 12.6. The van der Waals surface area contributed by atoms with Crippen LogP contribution in [0.25, 0.3) is 0 Å². The summed E-state index contributed by atoms with van der Waals surface area (Å²) >= 11 is 0. The first kappa shape index (κ1) is 17.4. The minimum absolute atomic E-state index is 0.0513. The number of aliphatic hydroxyl groups excluding tert-OH is 1. The van der Waals surface area contributed by atoms with E-state index in [2.05, 4.69) is 0 Å². The molecule has 0 saturated carbocycles. The molecule has 6 N–H and O–H groups in total. The molecular weight excluding hydrogens is 316 g/mol. The molecule has 2 aromatic carbocycles. The van der Waals surface area contributed by atoms with Crippen molar-refractivity contribution in [2.24, 2.45) is 0 Å². The number of aryl methyl sites for hydroxylation is 1. The molecule has 7 nitrogen and oxygen atoms in total. The summed E-state index contributed by atoms with van der Waals surface area (Å²) < 4.78 is 0. The highest BCUT2D eigenvalue weighted by Gasteiger charge is 2.20. The summed E-state index contributed by atoms with van der Waals surface area (Å²) in [5.74, 6) is -3.58. The van der Waals surface area contributed by atoms with Crippen molar-refractivity contribution in [3.63, 3.8) is 0 Å². The lowest BCUT2D eigenvalue weighted by molar-refractivity contribution is 0.103. The van der Waals surface area contributed by atoms with Gasteiger partial charge in [0.05, 0.1) is 6.10 Å². The SMILES string of the molecule is CC(O)CCc1cc(O)c(O)cc1C(=O)c1cc(O)c(O)c(O)c1. The second-order valence-corrected chi connectivity index (χ2v) is 5.58. The molecule has 0 radical (unpaired) electrons. The molecule has 0 bridgehead atoms. The number of phenols is 5. The molecule has 0 fully saturated rings. The Morgan fingerprint density at radius 2 is 1.46 bits per heavy atom. The lowest BCUT2D eigenvalue weighted by Crippen LogP contribution is -2.08. The fourth-order valence-electron chi connectivity index (χ4n) is 2.29. The van der Waals surface area contributed by atoms with E-state index < -0.39 is 40.6 Å². The number of ketones is 1. The molecule has 0 amide bonds. The predicted octanol–water partition coefficient (Wildman–Crippen LogP) is 1.76. The smallest absolute Gasteiger partial charge is 0.200 e. The van der Waals surface area contributed by atoms with Crippen LogP contribution in [0.15, 0.2) is 24.3 Å². The molecule has 7 heteroatoms. The number of hydrogen-bond donors (Lipinski definition) is 6. The number of carbonyl (C=O) groups is 1. The molecule has 0 aliphatic carbocycles. The number of benzene rings is 2. The second kappa shape index (κ2) is 6.67. The fourth-order valence-corrected chi connectivity index (χ4v) is 2.29. The Labute approximate surface area is 137 Å². The van der Waals surface area contributed by atoms with Crippen LogP contribution in [0.3, 0.4) is 0 Å². The second-order valence-electron chi connectivity index (χ2n) is 5.58. The summed E-state index contributed by atoms with van der Waals surface area (Å²) in [5, 5.41) is 57.1. The first-order valence-corrected chi connectivity index (χ1v) is 7.23. The third-order valence-electron chi connectivity index (χ3n) is 3.61. The average Bonchev–Trinajstić information content (AvgIpc) is 2.52. The largest absolute Gasteiger partial charge is 0.504 e. The molecule has 1 unspecified atom stereocenters. The average molecular weight is 334 g/mol. The van der Waals surface area contributed by atoms with Crippen LogP contribution in [0.5, 0.6) is 28.7 Å². The van der Waals surface area contributed by atoms with Gasteiger partial charge in [-0.25, -0.2) is 0 Å². The summed E-state index contributed by atoms with van der Waals surface area (Å²) in [5.41, 5.74) is 0.338. The van der Waals surface area contributed by atoms with E-state index in [0.717, 1.165) is 18.2 Å². The van der Waals surface area contributed by atoms with Crippen LogP contribution < -0.4 is 0 Å². The van der Waals surface area contributed by atoms with Gasteiger partial charge < -0.3 is 30.6 Å². The predicted molar refractivity (Wildman–Crippen MR) is 84.6 cm³/mol. The number of hydrogen-bond acceptors (Lipinski definition) is 7. The Bertz CT molecular complexity index is 758. The lowest BCUT2D eigenvalue weighted by atomic mass is 9.94. The maximum Gasteiger partial charge on any atom is 0.200 e. The molecule has 0 aliphatic heterocycles. The Hall–Kier alpha value is -2.93. The minimum atomic E-state index is -0.741. The molecule has 2 aromatic rings. The molecule has 0 saturated heterocycles. The van der Waals surface area contributed by atoms with Crippen molar-refractivity contribution in [3.05, 3.63) is 41.0 Å². The van der Waals surface area contributed by atoms with E-state index in [-0.39, 0.29) is 17.5 Å². The lowest BCUT2D eigenvalue weighted by Gasteiger charge is -2.12. The third kappa shape index (κ3) is 3.52. The quantitative estimate of drug-likeness (QED) is 0.362. The molecule has 2 rings (SSSR count). The van der Waals surface area contributed by atoms with Gasteiger partial charge in [-0.2, -0.15) is 0 Å². The van der Waals surface area contributed by atoms with Crippen molar-refractivity contribution in [2.45, 2.75) is 25.9 Å². The van der Waals surface area contributed by atoms with Crippen molar-refractivity contribution in [1.82, 2.24) is 0 Å². The highest BCUT2D eigenvalue weighted by molar-refractivity contribution is 6.11. The van der Waals surface area contributed by atoms with Crippen LogP contribution in [0.1, 0.15) is 34.8 Å². The van der Waals surface area contributed by atoms with Gasteiger partial charge in [0.15, 0.2) is 34.5 Å². The Morgan fingerprint density at radius 3 is 2.00 bits per heavy atom. The molecule has 128 valence electrons. The standard InChI is InChI=1S/C17H18O7/c1-8(18)2-3-9-4-12(19)13(20)7-11(9)16(23)10-5-14(21)17(24)15(22)6-10/h4-8,18-22,24H,2-3H2,1H3. The van der Waals surface area contributed by atoms with Crippen molar-refractivity contribution in [3.8, 4) is 28.7 Å². The van der Waals surface area contributed by atoms with E-state index in [1.807, 2.05) is 0 Å². The molecule has 24 heavy (non-hydrogen) atoms. The van der Waals surface area contributed by atoms with Crippen molar-refractivity contribution in [2.75, 3.05) is 0 Å². The first-order valence-electron chi connectivity index (χ1n) is 7.23. The van der Waals surface area contributed by atoms with Gasteiger partial charge in [-0.05, 0) is 49.6 Å². The van der Waals surface area contributed by atoms with Gasteiger partial charge in [0.1, 0.15) is 0 Å². The van der Waals surface area contributed by atoms with Crippen LogP contribution in [-0.2, 0) is 6.42 Å². The molecular formula is C17H18O7. The number of carbonyl (C=O) groups excluding carboxylic acids is 1. The van der Waals surface area contributed by atoms with Gasteiger partial charge in [0.25, 0.3) is 0 Å². The maximum atomic E-state index is 12.6. The van der Waals surface area contributed by atoms with E-state index in [4.69, 9.17) is 0 Å². The summed E-state index contributed by atoms with van der Waals surface area (Å²) in [7, 11) is 0. The number of rotatable bonds is 5. The van der Waals surface area contributed by atoms with Gasteiger partial charge in [-0.15, -0.1) is 0 Å². The zero-order valence-electron chi connectivity index (χ0n) is 12.9. The van der Waals surface area contributed by atoms with E-state index >= 15 is 0 Å². The molecule has 0 heterocycles. The van der Waals surface area contributed by atoms with Crippen LogP contribution in [0.2, 0.25) is 0 Å². The first-order chi connectivity index (χ1) is 11.2. The highest BCUT2D eigenvalue weighted by Crippen LogP contribution is 2.37. The monoisotopic (exact) mass is 334 g/mol. The number of aliphatic hydroxyl groups is 1. The molecule has 0 aromatic heterocycles. The minimum Gasteiger partial charge on any atom is -0.504 e. The zero-order chi connectivity index (χ0) is 18.0. The van der Waals surface area contributed by atoms with Gasteiger partial charge in [0, 0.05) is 11.1 Å². The van der Waals surface area contributed by atoms with Crippen LogP contribution in [0.4, 0.5) is 0 Å². The van der Waals surface area contributed by atoms with Gasteiger partial charge in [-0.3, -0.25) is 4.79 Å². The van der Waals surface area contributed by atoms with Crippen molar-refractivity contribution in [1.29, 1.82) is 0 Å². The zero-order valence-corrected chi connectivity index (χ0v) is 12.9. The maximum absolute atomic E-state index is 12.6. The summed E-state index contributed by atoms with van der Waals surface area (Å²) in [6, 6.07) is 4.28. The van der Waals surface area contributed by atoms with Crippen molar-refractivity contribution >= 4 is 5.78 Å². The third-order valence-corrected chi connectivity index (χ3v) is 3.61. The van der Waals surface area contributed by atoms with Gasteiger partial charge in [-0.1, -0.05) is 0 Å². The van der Waals surface area contributed by atoms with E-state index in [1.54, 1.807) is 6.92 Å². The van der Waals surface area contributed by atoms with Crippen LogP contribution in [-0.4, -0.2) is 42.5 Å². The molecule has 0 spiro atoms. The van der Waals surface area contributed by atoms with Gasteiger partial charge >= 0.3 is 0 Å². The summed E-state index contributed by atoms with van der Waals surface area (Å²) in [6.07, 6.45) is -0.0233. The number of aromatic hydroxyl groups is 5.